The van der Waals surface area contributed by atoms with Gasteiger partial charge in [-0.1, -0.05) is 56.9 Å². The van der Waals surface area contributed by atoms with E-state index in [0.29, 0.717) is 34.9 Å². The number of hydrogen-bond acceptors (Lipinski definition) is 0. The predicted octanol–water partition coefficient (Wildman–Crippen LogP) is 9.75. The van der Waals surface area contributed by atoms with Gasteiger partial charge in [0.05, 0.1) is 0 Å². The van der Waals surface area contributed by atoms with E-state index >= 15 is 8.78 Å². The van der Waals surface area contributed by atoms with Gasteiger partial charge in [0.2, 0.25) is 0 Å². The van der Waals surface area contributed by atoms with Crippen LogP contribution in [-0.2, 0) is 12.6 Å². The standard InChI is InChI=1S/C28H23F7/c1-2-3-4-5-6-7-16-8-10-20-19-11-9-17(12-21(19)23(29)15-22(20)27(16)32)18-13-24(30)26(25(31)14-18)28(33,34)35/h8-15H,2-7H2,1H3. The first kappa shape index (κ1) is 25.0. The number of unbranched alkanes of at least 4 members (excludes halogenated alkanes) is 4. The van der Waals surface area contributed by atoms with E-state index in [1.807, 2.05) is 0 Å². The Labute approximate surface area is 198 Å². The molecule has 0 unspecified atom stereocenters. The second kappa shape index (κ2) is 9.88. The van der Waals surface area contributed by atoms with Gasteiger partial charge in [0, 0.05) is 10.8 Å². The topological polar surface area (TPSA) is 0 Å². The predicted molar refractivity (Wildman–Crippen MR) is 124 cm³/mol. The van der Waals surface area contributed by atoms with E-state index in [9.17, 15) is 22.0 Å². The summed E-state index contributed by atoms with van der Waals surface area (Å²) >= 11 is 0. The summed E-state index contributed by atoms with van der Waals surface area (Å²) in [5, 5.41) is 1.08. The molecule has 0 N–H and O–H groups in total. The maximum absolute atomic E-state index is 15.2. The van der Waals surface area contributed by atoms with Gasteiger partial charge in [-0.25, -0.2) is 17.6 Å². The zero-order valence-electron chi connectivity index (χ0n) is 19.0. The molecule has 0 spiro atoms. The molecule has 0 saturated heterocycles. The maximum Gasteiger partial charge on any atom is 0.422 e. The second-order valence-electron chi connectivity index (χ2n) is 8.73. The van der Waals surface area contributed by atoms with Crippen molar-refractivity contribution in [2.24, 2.45) is 0 Å². The van der Waals surface area contributed by atoms with Crippen molar-refractivity contribution >= 4 is 21.5 Å². The van der Waals surface area contributed by atoms with Crippen LogP contribution in [0.5, 0.6) is 0 Å². The Morgan fingerprint density at radius 1 is 0.600 bits per heavy atom. The molecule has 4 aromatic rings. The molecule has 0 aliphatic rings. The maximum atomic E-state index is 15.2. The first-order valence-corrected chi connectivity index (χ1v) is 11.5. The van der Waals surface area contributed by atoms with Crippen molar-refractivity contribution in [3.05, 3.63) is 82.9 Å². The Morgan fingerprint density at radius 3 is 1.89 bits per heavy atom. The Bertz CT molecular complexity index is 1360. The molecule has 0 aliphatic carbocycles. The molecule has 184 valence electrons. The minimum Gasteiger partial charge on any atom is -0.206 e. The summed E-state index contributed by atoms with van der Waals surface area (Å²) in [6.45, 7) is 2.12. The summed E-state index contributed by atoms with van der Waals surface area (Å²) in [6.07, 6.45) is 0.522. The van der Waals surface area contributed by atoms with Crippen LogP contribution in [0.1, 0.15) is 50.2 Å². The molecule has 0 heterocycles. The first-order chi connectivity index (χ1) is 16.6. The van der Waals surface area contributed by atoms with E-state index in [2.05, 4.69) is 6.92 Å². The summed E-state index contributed by atoms with van der Waals surface area (Å²) in [6, 6.07) is 9.82. The molecular weight excluding hydrogens is 469 g/mol. The molecule has 0 nitrogen and oxygen atoms in total. The molecule has 0 amide bonds. The molecule has 0 fully saturated rings. The smallest absolute Gasteiger partial charge is 0.206 e. The van der Waals surface area contributed by atoms with Crippen molar-refractivity contribution in [2.45, 2.75) is 51.6 Å². The molecule has 0 aliphatic heterocycles. The highest BCUT2D eigenvalue weighted by atomic mass is 19.4. The highest BCUT2D eigenvalue weighted by Gasteiger charge is 2.38. The molecule has 4 aromatic carbocycles. The van der Waals surface area contributed by atoms with E-state index in [0.717, 1.165) is 38.2 Å². The highest BCUT2D eigenvalue weighted by Crippen LogP contribution is 2.38. The largest absolute Gasteiger partial charge is 0.422 e. The number of hydrogen-bond donors (Lipinski definition) is 0. The van der Waals surface area contributed by atoms with Gasteiger partial charge < -0.3 is 0 Å². The first-order valence-electron chi connectivity index (χ1n) is 11.5. The monoisotopic (exact) mass is 492 g/mol. The molecule has 0 radical (unpaired) electrons. The molecule has 0 atom stereocenters. The number of aryl methyl sites for hydroxylation is 1. The van der Waals surface area contributed by atoms with Crippen LogP contribution in [0.3, 0.4) is 0 Å². The third-order valence-electron chi connectivity index (χ3n) is 6.31. The normalized spacial score (nSPS) is 12.1. The van der Waals surface area contributed by atoms with Gasteiger partial charge in [0.15, 0.2) is 0 Å². The van der Waals surface area contributed by atoms with Crippen LogP contribution in [0, 0.1) is 23.3 Å². The number of halogens is 7. The number of fused-ring (bicyclic) bond motifs is 3. The second-order valence-corrected chi connectivity index (χ2v) is 8.73. The summed E-state index contributed by atoms with van der Waals surface area (Å²) in [7, 11) is 0. The molecule has 0 saturated carbocycles. The minimum atomic E-state index is -5.18. The highest BCUT2D eigenvalue weighted by molar-refractivity contribution is 6.09. The average Bonchev–Trinajstić information content (AvgIpc) is 2.79. The van der Waals surface area contributed by atoms with Crippen molar-refractivity contribution in [2.75, 3.05) is 0 Å². The van der Waals surface area contributed by atoms with E-state index in [4.69, 9.17) is 0 Å². The summed E-state index contributed by atoms with van der Waals surface area (Å²) in [5.41, 5.74) is -1.50. The van der Waals surface area contributed by atoms with Crippen molar-refractivity contribution in [3.63, 3.8) is 0 Å². The van der Waals surface area contributed by atoms with Crippen molar-refractivity contribution in [1.29, 1.82) is 0 Å². The van der Waals surface area contributed by atoms with E-state index in [-0.39, 0.29) is 21.9 Å². The third-order valence-corrected chi connectivity index (χ3v) is 6.31. The van der Waals surface area contributed by atoms with Crippen LogP contribution in [0.4, 0.5) is 30.7 Å². The Kier molecular flexibility index (Phi) is 7.06. The van der Waals surface area contributed by atoms with Gasteiger partial charge in [-0.3, -0.25) is 0 Å². The summed E-state index contributed by atoms with van der Waals surface area (Å²) < 4.78 is 96.9. The lowest BCUT2D eigenvalue weighted by atomic mass is 9.94. The third kappa shape index (κ3) is 5.00. The van der Waals surface area contributed by atoms with Crippen LogP contribution >= 0.6 is 0 Å². The minimum absolute atomic E-state index is 0.0717. The van der Waals surface area contributed by atoms with Gasteiger partial charge in [-0.2, -0.15) is 13.2 Å². The van der Waals surface area contributed by atoms with Crippen molar-refractivity contribution in [3.8, 4) is 11.1 Å². The van der Waals surface area contributed by atoms with Crippen LogP contribution in [0.25, 0.3) is 32.7 Å². The number of benzene rings is 4. The van der Waals surface area contributed by atoms with E-state index < -0.39 is 35.0 Å². The van der Waals surface area contributed by atoms with Gasteiger partial charge in [-0.15, -0.1) is 0 Å². The van der Waals surface area contributed by atoms with Crippen LogP contribution < -0.4 is 0 Å². The molecule has 35 heavy (non-hydrogen) atoms. The fraction of sp³-hybridized carbons (Fsp3) is 0.286. The van der Waals surface area contributed by atoms with Crippen LogP contribution in [-0.4, -0.2) is 0 Å². The van der Waals surface area contributed by atoms with Gasteiger partial charge >= 0.3 is 6.18 Å². The summed E-state index contributed by atoms with van der Waals surface area (Å²) in [5.74, 6) is -4.72. The molecule has 4 rings (SSSR count). The number of alkyl halides is 3. The zero-order valence-corrected chi connectivity index (χ0v) is 19.0. The number of rotatable bonds is 7. The van der Waals surface area contributed by atoms with E-state index in [1.165, 1.54) is 18.2 Å². The Hall–Kier alpha value is -3.09. The van der Waals surface area contributed by atoms with E-state index in [1.54, 1.807) is 12.1 Å². The summed E-state index contributed by atoms with van der Waals surface area (Å²) in [4.78, 5) is 0. The van der Waals surface area contributed by atoms with Gasteiger partial charge in [0.1, 0.15) is 28.8 Å². The SMILES string of the molecule is CCCCCCCc1ccc2c(cc(F)c3cc(-c4cc(F)c(C(F)(F)F)c(F)c4)ccc32)c1F. The quantitative estimate of drug-likeness (QED) is 0.137. The molecule has 0 bridgehead atoms. The van der Waals surface area contributed by atoms with Crippen LogP contribution in [0.15, 0.2) is 48.5 Å². The fourth-order valence-corrected chi connectivity index (χ4v) is 4.50. The fourth-order valence-electron chi connectivity index (χ4n) is 4.50. The van der Waals surface area contributed by atoms with Gasteiger partial charge in [0.25, 0.3) is 0 Å². The molecular formula is C28H23F7. The Morgan fingerprint density at radius 2 is 1.23 bits per heavy atom. The zero-order chi connectivity index (χ0) is 25.3. The van der Waals surface area contributed by atoms with Crippen molar-refractivity contribution in [1.82, 2.24) is 0 Å². The lowest BCUT2D eigenvalue weighted by Gasteiger charge is -2.13. The lowest BCUT2D eigenvalue weighted by Crippen LogP contribution is -2.11. The van der Waals surface area contributed by atoms with Gasteiger partial charge in [-0.05, 0) is 64.6 Å². The lowest BCUT2D eigenvalue weighted by molar-refractivity contribution is -0.142. The van der Waals surface area contributed by atoms with Crippen LogP contribution in [0.2, 0.25) is 0 Å². The average molecular weight is 492 g/mol. The van der Waals surface area contributed by atoms with Crippen molar-refractivity contribution < 1.29 is 30.7 Å². The molecule has 7 heteroatoms. The molecule has 0 aromatic heterocycles. The Balaban J connectivity index is 1.73.